The number of nitrogen functional groups attached to an aromatic ring is 1. The molecule has 25 heavy (non-hydrogen) atoms. The second-order valence-corrected chi connectivity index (χ2v) is 6.82. The summed E-state index contributed by atoms with van der Waals surface area (Å²) in [5.41, 5.74) is 7.83. The summed E-state index contributed by atoms with van der Waals surface area (Å²) in [5.74, 6) is 0.937. The van der Waals surface area contributed by atoms with Gasteiger partial charge in [-0.05, 0) is 37.8 Å². The van der Waals surface area contributed by atoms with E-state index >= 15 is 0 Å². The normalized spacial score (nSPS) is 22.2. The van der Waals surface area contributed by atoms with Crippen LogP contribution in [0.1, 0.15) is 36.2 Å². The summed E-state index contributed by atoms with van der Waals surface area (Å²) >= 11 is 0. The van der Waals surface area contributed by atoms with Crippen LogP contribution in [0.5, 0.6) is 5.75 Å². The van der Waals surface area contributed by atoms with Crippen molar-refractivity contribution in [3.8, 4) is 5.75 Å². The van der Waals surface area contributed by atoms with E-state index in [1.165, 1.54) is 0 Å². The van der Waals surface area contributed by atoms with E-state index in [4.69, 9.17) is 10.5 Å². The average Bonchev–Trinajstić information content (AvgIpc) is 3.35. The molecule has 2 saturated heterocycles. The fourth-order valence-electron chi connectivity index (χ4n) is 4.38. The van der Waals surface area contributed by atoms with Crippen molar-refractivity contribution < 1.29 is 9.53 Å². The monoisotopic (exact) mass is 337 g/mol. The largest absolute Gasteiger partial charge is 0.494 e. The highest BCUT2D eigenvalue weighted by molar-refractivity contribution is 5.99. The van der Waals surface area contributed by atoms with E-state index in [0.29, 0.717) is 40.6 Å². The van der Waals surface area contributed by atoms with Crippen molar-refractivity contribution in [3.05, 3.63) is 30.1 Å². The summed E-state index contributed by atoms with van der Waals surface area (Å²) in [6, 6.07) is 6.38. The zero-order chi connectivity index (χ0) is 17.1. The van der Waals surface area contributed by atoms with E-state index in [2.05, 4.69) is 9.97 Å². The number of aromatic nitrogens is 3. The van der Waals surface area contributed by atoms with E-state index in [-0.39, 0.29) is 5.91 Å². The third-order valence-electron chi connectivity index (χ3n) is 5.55. The van der Waals surface area contributed by atoms with Gasteiger partial charge in [0, 0.05) is 23.7 Å². The minimum absolute atomic E-state index is 0.00384. The van der Waals surface area contributed by atoms with Crippen LogP contribution in [0.15, 0.2) is 24.4 Å². The molecule has 2 aromatic heterocycles. The molecule has 1 amide bonds. The predicted molar refractivity (Wildman–Crippen MR) is 93.7 cm³/mol. The molecule has 0 spiro atoms. The Morgan fingerprint density at radius 1 is 1.20 bits per heavy atom. The SMILES string of the molecule is COc1cccc2c1nc(N)n1cc(C(=O)N3C4CCC3CC4)nc21. The number of para-hydroxylation sites is 1. The minimum Gasteiger partial charge on any atom is -0.494 e. The number of hydrogen-bond donors (Lipinski definition) is 1. The molecule has 2 N–H and O–H groups in total. The number of carbonyl (C=O) groups excluding carboxylic acids is 1. The second-order valence-electron chi connectivity index (χ2n) is 6.82. The first-order valence-electron chi connectivity index (χ1n) is 8.61. The van der Waals surface area contributed by atoms with Gasteiger partial charge in [-0.25, -0.2) is 9.97 Å². The zero-order valence-electron chi connectivity index (χ0n) is 14.0. The van der Waals surface area contributed by atoms with Gasteiger partial charge < -0.3 is 15.4 Å². The fourth-order valence-corrected chi connectivity index (χ4v) is 4.38. The van der Waals surface area contributed by atoms with Crippen molar-refractivity contribution in [1.29, 1.82) is 0 Å². The number of fused-ring (bicyclic) bond motifs is 5. The van der Waals surface area contributed by atoms with Crippen LogP contribution in [-0.2, 0) is 0 Å². The molecule has 0 aliphatic carbocycles. The van der Waals surface area contributed by atoms with Gasteiger partial charge in [-0.2, -0.15) is 0 Å². The van der Waals surface area contributed by atoms with E-state index in [9.17, 15) is 4.79 Å². The van der Waals surface area contributed by atoms with Gasteiger partial charge in [0.15, 0.2) is 0 Å². The summed E-state index contributed by atoms with van der Waals surface area (Å²) < 4.78 is 7.06. The summed E-state index contributed by atoms with van der Waals surface area (Å²) in [7, 11) is 1.60. The summed E-state index contributed by atoms with van der Waals surface area (Å²) in [6.07, 6.45) is 6.12. The molecular formula is C18H19N5O2. The Morgan fingerprint density at radius 3 is 2.60 bits per heavy atom. The van der Waals surface area contributed by atoms with E-state index in [1.807, 2.05) is 23.1 Å². The Balaban J connectivity index is 1.67. The molecule has 128 valence electrons. The van der Waals surface area contributed by atoms with Crippen LogP contribution in [0.2, 0.25) is 0 Å². The lowest BCUT2D eigenvalue weighted by Gasteiger charge is -2.20. The quantitative estimate of drug-likeness (QED) is 0.775. The average molecular weight is 337 g/mol. The molecule has 2 aliphatic heterocycles. The van der Waals surface area contributed by atoms with E-state index in [0.717, 1.165) is 31.1 Å². The van der Waals surface area contributed by atoms with E-state index < -0.39 is 0 Å². The first-order chi connectivity index (χ1) is 12.2. The minimum atomic E-state index is 0.00384. The lowest BCUT2D eigenvalue weighted by atomic mass is 10.0. The van der Waals surface area contributed by atoms with Crippen molar-refractivity contribution in [2.24, 2.45) is 0 Å². The first-order valence-corrected chi connectivity index (χ1v) is 8.61. The summed E-state index contributed by atoms with van der Waals surface area (Å²) in [6.45, 7) is 0. The van der Waals surface area contributed by atoms with Gasteiger partial charge in [0.2, 0.25) is 5.95 Å². The number of benzene rings is 1. The van der Waals surface area contributed by atoms with Crippen LogP contribution >= 0.6 is 0 Å². The first kappa shape index (κ1) is 14.5. The highest BCUT2D eigenvalue weighted by Gasteiger charge is 2.43. The highest BCUT2D eigenvalue weighted by atomic mass is 16.5. The third kappa shape index (κ3) is 1.95. The molecule has 5 rings (SSSR count). The number of imidazole rings is 1. The lowest BCUT2D eigenvalue weighted by molar-refractivity contribution is 0.0724. The van der Waals surface area contributed by atoms with Crippen LogP contribution in [0.3, 0.4) is 0 Å². The Kier molecular flexibility index (Phi) is 2.95. The van der Waals surface area contributed by atoms with Crippen LogP contribution in [0, 0.1) is 0 Å². The number of methoxy groups -OCH3 is 1. The highest BCUT2D eigenvalue weighted by Crippen LogP contribution is 2.38. The molecule has 0 radical (unpaired) electrons. The standard InChI is InChI=1S/C18H19N5O2/c1-25-14-4-2-3-12-15(14)21-18(19)22-9-13(20-16(12)22)17(24)23-10-5-6-11(23)8-7-10/h2-4,9-11H,5-8H2,1H3,(H2,19,21). The number of hydrogen-bond acceptors (Lipinski definition) is 5. The number of rotatable bonds is 2. The van der Waals surface area contributed by atoms with Gasteiger partial charge >= 0.3 is 0 Å². The van der Waals surface area contributed by atoms with Crippen molar-refractivity contribution in [2.45, 2.75) is 37.8 Å². The van der Waals surface area contributed by atoms with Crippen LogP contribution in [-0.4, -0.2) is 44.4 Å². The molecule has 3 aromatic rings. The van der Waals surface area contributed by atoms with Gasteiger partial charge in [-0.1, -0.05) is 6.07 Å². The van der Waals surface area contributed by atoms with Crippen molar-refractivity contribution in [2.75, 3.05) is 12.8 Å². The van der Waals surface area contributed by atoms with Gasteiger partial charge in [0.05, 0.1) is 7.11 Å². The molecule has 0 atom stereocenters. The zero-order valence-corrected chi connectivity index (χ0v) is 14.0. The number of nitrogens with zero attached hydrogens (tertiary/aromatic N) is 4. The van der Waals surface area contributed by atoms with Crippen LogP contribution in [0.25, 0.3) is 16.6 Å². The fraction of sp³-hybridized carbons (Fsp3) is 0.389. The molecule has 0 saturated carbocycles. The summed E-state index contributed by atoms with van der Waals surface area (Å²) in [5, 5.41) is 0.817. The molecule has 2 fully saturated rings. The lowest BCUT2D eigenvalue weighted by Crippen LogP contribution is -2.35. The molecule has 0 unspecified atom stereocenters. The van der Waals surface area contributed by atoms with Gasteiger partial charge in [0.25, 0.3) is 5.91 Å². The molecule has 7 nitrogen and oxygen atoms in total. The van der Waals surface area contributed by atoms with E-state index in [1.54, 1.807) is 17.7 Å². The summed E-state index contributed by atoms with van der Waals surface area (Å²) in [4.78, 5) is 24.1. The predicted octanol–water partition coefficient (Wildman–Crippen LogP) is 2.24. The van der Waals surface area contributed by atoms with Crippen LogP contribution in [0.4, 0.5) is 5.95 Å². The number of ether oxygens (including phenoxy) is 1. The topological polar surface area (TPSA) is 85.8 Å². The smallest absolute Gasteiger partial charge is 0.274 e. The Morgan fingerprint density at radius 2 is 1.92 bits per heavy atom. The Hall–Kier alpha value is -2.83. The maximum atomic E-state index is 13.0. The molecule has 7 heteroatoms. The Bertz CT molecular complexity index is 992. The number of carbonyl (C=O) groups is 1. The number of nitrogens with two attached hydrogens (primary N) is 1. The number of anilines is 1. The van der Waals surface area contributed by atoms with Crippen molar-refractivity contribution in [1.82, 2.24) is 19.3 Å². The molecule has 2 bridgehead atoms. The molecule has 4 heterocycles. The molecular weight excluding hydrogens is 318 g/mol. The maximum absolute atomic E-state index is 13.0. The molecule has 2 aliphatic rings. The number of amides is 1. The van der Waals surface area contributed by atoms with Gasteiger partial charge in [-0.3, -0.25) is 9.20 Å². The van der Waals surface area contributed by atoms with Gasteiger partial charge in [-0.15, -0.1) is 0 Å². The third-order valence-corrected chi connectivity index (χ3v) is 5.55. The van der Waals surface area contributed by atoms with Gasteiger partial charge in [0.1, 0.15) is 22.6 Å². The van der Waals surface area contributed by atoms with Crippen molar-refractivity contribution >= 4 is 28.4 Å². The van der Waals surface area contributed by atoms with Crippen molar-refractivity contribution in [3.63, 3.8) is 0 Å². The Labute approximate surface area is 144 Å². The second kappa shape index (κ2) is 5.08. The maximum Gasteiger partial charge on any atom is 0.274 e. The molecule has 1 aromatic carbocycles. The van der Waals surface area contributed by atoms with Crippen LogP contribution < -0.4 is 10.5 Å².